The van der Waals surface area contributed by atoms with Crippen molar-refractivity contribution >= 4 is 31.0 Å². The van der Waals surface area contributed by atoms with Gasteiger partial charge in [-0.1, -0.05) is 6.07 Å². The molecule has 43 heavy (non-hydrogen) atoms. The molecule has 3 aromatic rings. The number of likely N-dealkylation sites (N-methyl/N-ethyl adjacent to an activating group) is 1. The highest BCUT2D eigenvalue weighted by atomic mass is 32.1. The zero-order chi connectivity index (χ0) is 28.9. The van der Waals surface area contributed by atoms with E-state index in [2.05, 4.69) is 49.5 Å². The third-order valence-electron chi connectivity index (χ3n) is 8.46. The third kappa shape index (κ3) is 8.20. The summed E-state index contributed by atoms with van der Waals surface area (Å²) in [5.74, 6) is 2.88. The molecular formula is C31H43N7O4S. The quantitative estimate of drug-likeness (QED) is 0.299. The molecule has 0 unspecified atom stereocenters. The Bertz CT molecular complexity index is 1350. The van der Waals surface area contributed by atoms with Crippen LogP contribution in [0.1, 0.15) is 46.5 Å². The van der Waals surface area contributed by atoms with Gasteiger partial charge in [-0.05, 0) is 68.1 Å². The average molecular weight is 610 g/mol. The lowest BCUT2D eigenvalue weighted by Gasteiger charge is -2.34. The minimum absolute atomic E-state index is 0. The molecule has 232 valence electrons. The van der Waals surface area contributed by atoms with Crippen LogP contribution in [0.4, 0.5) is 11.6 Å². The van der Waals surface area contributed by atoms with E-state index in [1.54, 1.807) is 6.20 Å². The van der Waals surface area contributed by atoms with Gasteiger partial charge in [0.25, 0.3) is 5.91 Å². The molecule has 0 bridgehead atoms. The fraction of sp³-hybridized carbons (Fsp3) is 0.516. The fourth-order valence-electron chi connectivity index (χ4n) is 5.66. The predicted molar refractivity (Wildman–Crippen MR) is 170 cm³/mol. The third-order valence-corrected chi connectivity index (χ3v) is 8.46. The lowest BCUT2D eigenvalue weighted by atomic mass is 9.93. The standard InChI is InChI=1S/C31H41N7O4.H2S/c1-36-9-11-38(12-10-36)30-15-24(14-29(35-30)34-25-3-2-4-25)31(40)33-16-26(39)19-37-8-7-22-13-27(6-5-23(22)18-37)41-20-28-17-32-21-42-28;/h5-6,13-15,17,21,25-26,39H,2-4,7-12,16,18-20H2,1H3,(H,33,40)(H,34,35);1H2/t26-;/m0./s1. The molecule has 0 radical (unpaired) electrons. The first kappa shape index (κ1) is 31.1. The van der Waals surface area contributed by atoms with E-state index in [1.165, 1.54) is 23.9 Å². The summed E-state index contributed by atoms with van der Waals surface area (Å²) in [5, 5.41) is 17.3. The van der Waals surface area contributed by atoms with E-state index in [4.69, 9.17) is 14.1 Å². The number of benzene rings is 1. The molecule has 12 heteroatoms. The summed E-state index contributed by atoms with van der Waals surface area (Å²) >= 11 is 0. The summed E-state index contributed by atoms with van der Waals surface area (Å²) in [6.07, 6.45) is 6.74. The number of piperazine rings is 1. The van der Waals surface area contributed by atoms with Crippen molar-refractivity contribution in [1.82, 2.24) is 25.1 Å². The lowest BCUT2D eigenvalue weighted by molar-refractivity contribution is 0.0841. The minimum Gasteiger partial charge on any atom is -0.486 e. The molecule has 1 aromatic carbocycles. The Labute approximate surface area is 260 Å². The van der Waals surface area contributed by atoms with Crippen LogP contribution >= 0.6 is 13.5 Å². The van der Waals surface area contributed by atoms with E-state index in [1.807, 2.05) is 18.2 Å². The summed E-state index contributed by atoms with van der Waals surface area (Å²) in [7, 11) is 2.13. The molecule has 3 aliphatic rings. The number of fused-ring (bicyclic) bond motifs is 1. The molecule has 1 atom stereocenters. The first-order valence-electron chi connectivity index (χ1n) is 15.0. The van der Waals surface area contributed by atoms with Gasteiger partial charge in [0.2, 0.25) is 0 Å². The molecule has 3 N–H and O–H groups in total. The first-order valence-corrected chi connectivity index (χ1v) is 15.0. The van der Waals surface area contributed by atoms with E-state index >= 15 is 0 Å². The predicted octanol–water partition coefficient (Wildman–Crippen LogP) is 2.63. The summed E-state index contributed by atoms with van der Waals surface area (Å²) in [6.45, 7) is 6.30. The van der Waals surface area contributed by atoms with Crippen LogP contribution in [0.25, 0.3) is 0 Å². The normalized spacial score (nSPS) is 18.2. The summed E-state index contributed by atoms with van der Waals surface area (Å²) in [5.41, 5.74) is 3.05. The number of aliphatic hydroxyl groups excluding tert-OH is 1. The number of amides is 1. The number of aliphatic hydroxyl groups is 1. The first-order chi connectivity index (χ1) is 20.5. The van der Waals surface area contributed by atoms with Crippen molar-refractivity contribution in [3.05, 3.63) is 65.4 Å². The van der Waals surface area contributed by atoms with Crippen molar-refractivity contribution in [1.29, 1.82) is 0 Å². The minimum atomic E-state index is -0.675. The van der Waals surface area contributed by atoms with Crippen LogP contribution in [0.15, 0.2) is 47.3 Å². The maximum atomic E-state index is 13.2. The number of oxazole rings is 1. The van der Waals surface area contributed by atoms with Crippen molar-refractivity contribution in [3.8, 4) is 5.75 Å². The van der Waals surface area contributed by atoms with Gasteiger partial charge in [0.05, 0.1) is 12.3 Å². The van der Waals surface area contributed by atoms with Crippen LogP contribution in [0.5, 0.6) is 5.75 Å². The van der Waals surface area contributed by atoms with Crippen LogP contribution in [0, 0.1) is 0 Å². The molecule has 2 aliphatic heterocycles. The number of β-amino-alcohol motifs (C(OH)–C–C–N with tert-alkyl or cyclic N) is 1. The second kappa shape index (κ2) is 14.4. The number of nitrogens with one attached hydrogen (secondary N) is 2. The summed E-state index contributed by atoms with van der Waals surface area (Å²) < 4.78 is 11.1. The Morgan fingerprint density at radius 1 is 1.14 bits per heavy atom. The zero-order valence-corrected chi connectivity index (χ0v) is 25.8. The van der Waals surface area contributed by atoms with Crippen LogP contribution < -0.4 is 20.3 Å². The molecule has 1 aliphatic carbocycles. The van der Waals surface area contributed by atoms with E-state index in [0.717, 1.165) is 75.9 Å². The van der Waals surface area contributed by atoms with E-state index in [0.29, 0.717) is 30.5 Å². The Hall–Kier alpha value is -3.32. The Morgan fingerprint density at radius 2 is 1.98 bits per heavy atom. The summed E-state index contributed by atoms with van der Waals surface area (Å²) in [4.78, 5) is 28.8. The van der Waals surface area contributed by atoms with Gasteiger partial charge >= 0.3 is 0 Å². The Morgan fingerprint density at radius 3 is 2.72 bits per heavy atom. The Balaban J connectivity index is 0.00000368. The second-order valence-corrected chi connectivity index (χ2v) is 11.7. The number of carbonyl (C=O) groups is 1. The van der Waals surface area contributed by atoms with Gasteiger partial charge in [0.15, 0.2) is 12.2 Å². The number of pyridine rings is 1. The number of rotatable bonds is 11. The highest BCUT2D eigenvalue weighted by Crippen LogP contribution is 2.26. The van der Waals surface area contributed by atoms with Crippen molar-refractivity contribution in [2.24, 2.45) is 0 Å². The molecular weight excluding hydrogens is 566 g/mol. The van der Waals surface area contributed by atoms with Crippen LogP contribution in [-0.2, 0) is 19.6 Å². The van der Waals surface area contributed by atoms with Crippen molar-refractivity contribution < 1.29 is 19.1 Å². The molecule has 1 saturated heterocycles. The number of nitrogens with zero attached hydrogens (tertiary/aromatic N) is 5. The van der Waals surface area contributed by atoms with Crippen LogP contribution in [-0.4, -0.2) is 95.8 Å². The molecule has 4 heterocycles. The lowest BCUT2D eigenvalue weighted by Crippen LogP contribution is -2.45. The molecule has 2 fully saturated rings. The SMILES string of the molecule is CN1CCN(c2cc(C(=O)NC[C@H](O)CN3CCc4cc(OCc5cnco5)ccc4C3)cc(NC3CCC3)n2)CC1.S. The highest BCUT2D eigenvalue weighted by molar-refractivity contribution is 7.59. The van der Waals surface area contributed by atoms with E-state index in [-0.39, 0.29) is 25.9 Å². The van der Waals surface area contributed by atoms with Gasteiger partial charge in [-0.15, -0.1) is 0 Å². The van der Waals surface area contributed by atoms with Gasteiger partial charge in [0, 0.05) is 64.0 Å². The maximum absolute atomic E-state index is 13.2. The number of carbonyl (C=O) groups excluding carboxylic acids is 1. The molecule has 1 saturated carbocycles. The molecule has 11 nitrogen and oxygen atoms in total. The topological polar surface area (TPSA) is 119 Å². The highest BCUT2D eigenvalue weighted by Gasteiger charge is 2.23. The van der Waals surface area contributed by atoms with E-state index in [9.17, 15) is 9.90 Å². The molecule has 6 rings (SSSR count). The number of hydrogen-bond donors (Lipinski definition) is 3. The fourth-order valence-corrected chi connectivity index (χ4v) is 5.66. The number of aromatic nitrogens is 2. The van der Waals surface area contributed by atoms with Gasteiger partial charge in [-0.25, -0.2) is 9.97 Å². The molecule has 2 aromatic heterocycles. The number of hydrogen-bond acceptors (Lipinski definition) is 10. The number of ether oxygens (including phenoxy) is 1. The van der Waals surface area contributed by atoms with Gasteiger partial charge in [-0.3, -0.25) is 9.69 Å². The van der Waals surface area contributed by atoms with Gasteiger partial charge < -0.3 is 34.7 Å². The van der Waals surface area contributed by atoms with E-state index < -0.39 is 6.10 Å². The van der Waals surface area contributed by atoms with Gasteiger partial charge in [-0.2, -0.15) is 13.5 Å². The van der Waals surface area contributed by atoms with Crippen molar-refractivity contribution in [2.45, 2.75) is 51.0 Å². The molecule has 0 spiro atoms. The monoisotopic (exact) mass is 609 g/mol. The smallest absolute Gasteiger partial charge is 0.251 e. The van der Waals surface area contributed by atoms with Crippen LogP contribution in [0.2, 0.25) is 0 Å². The van der Waals surface area contributed by atoms with Crippen molar-refractivity contribution in [3.63, 3.8) is 0 Å². The maximum Gasteiger partial charge on any atom is 0.251 e. The Kier molecular flexibility index (Phi) is 10.4. The largest absolute Gasteiger partial charge is 0.486 e. The number of anilines is 2. The second-order valence-electron chi connectivity index (χ2n) is 11.7. The van der Waals surface area contributed by atoms with Crippen molar-refractivity contribution in [2.75, 3.05) is 63.1 Å². The summed E-state index contributed by atoms with van der Waals surface area (Å²) in [6, 6.07) is 10.3. The zero-order valence-electron chi connectivity index (χ0n) is 24.8. The average Bonchev–Trinajstić information content (AvgIpc) is 3.51. The molecule has 1 amide bonds. The van der Waals surface area contributed by atoms with Gasteiger partial charge in [0.1, 0.15) is 24.0 Å². The van der Waals surface area contributed by atoms with Crippen LogP contribution in [0.3, 0.4) is 0 Å².